The number of halogens is 1. The number of aryl methyl sites for hydroxylation is 1. The van der Waals surface area contributed by atoms with Gasteiger partial charge in [0.05, 0.1) is 4.90 Å². The Kier molecular flexibility index (Phi) is 5.42. The summed E-state index contributed by atoms with van der Waals surface area (Å²) in [6.07, 6.45) is 1.67. The zero-order chi connectivity index (χ0) is 17.9. The molecule has 0 aliphatic heterocycles. The molecule has 1 heterocycles. The molecule has 3 N–H and O–H groups in total. The lowest BCUT2D eigenvalue weighted by Crippen LogP contribution is -2.42. The molecule has 24 heavy (non-hydrogen) atoms. The van der Waals surface area contributed by atoms with E-state index in [0.717, 1.165) is 0 Å². The fourth-order valence-corrected chi connectivity index (χ4v) is 3.28. The van der Waals surface area contributed by atoms with Gasteiger partial charge in [-0.15, -0.1) is 4.83 Å². The Balaban J connectivity index is 2.09. The number of benzene rings is 1. The summed E-state index contributed by atoms with van der Waals surface area (Å²) in [6, 6.07) is 6.87. The molecule has 0 unspecified atom stereocenters. The van der Waals surface area contributed by atoms with Gasteiger partial charge in [0.15, 0.2) is 0 Å². The molecule has 0 aliphatic rings. The van der Waals surface area contributed by atoms with Crippen LogP contribution in [0.5, 0.6) is 0 Å². The van der Waals surface area contributed by atoms with Gasteiger partial charge in [-0.2, -0.15) is 0 Å². The molecular weight excluding hydrogens is 400 g/mol. The van der Waals surface area contributed by atoms with Gasteiger partial charge in [0.1, 0.15) is 5.69 Å². The number of hydrazine groups is 1. The lowest BCUT2D eigenvalue weighted by molar-refractivity contribution is 0.0935. The first-order valence-corrected chi connectivity index (χ1v) is 8.98. The second kappa shape index (κ2) is 7.16. The third-order valence-corrected chi connectivity index (χ3v) is 4.85. The van der Waals surface area contributed by atoms with E-state index in [1.54, 1.807) is 23.9 Å². The summed E-state index contributed by atoms with van der Waals surface area (Å²) >= 11 is 3.23. The summed E-state index contributed by atoms with van der Waals surface area (Å²) in [5, 5.41) is 2.44. The number of sulfonamides is 1. The molecule has 0 fully saturated rings. The largest absolute Gasteiger partial charge is 0.355 e. The highest BCUT2D eigenvalue weighted by molar-refractivity contribution is 9.10. The van der Waals surface area contributed by atoms with Crippen molar-refractivity contribution >= 4 is 37.8 Å². The summed E-state index contributed by atoms with van der Waals surface area (Å²) in [7, 11) is -0.817. The summed E-state index contributed by atoms with van der Waals surface area (Å²) in [4.78, 5) is 25.4. The molecule has 0 radical (unpaired) electrons. The van der Waals surface area contributed by atoms with E-state index in [0.29, 0.717) is 10.0 Å². The van der Waals surface area contributed by atoms with Gasteiger partial charge in [-0.05, 0) is 46.3 Å². The van der Waals surface area contributed by atoms with Crippen LogP contribution < -0.4 is 15.6 Å². The summed E-state index contributed by atoms with van der Waals surface area (Å²) in [6.45, 7) is 0. The molecule has 0 aliphatic carbocycles. The van der Waals surface area contributed by atoms with Gasteiger partial charge in [0.2, 0.25) is 0 Å². The molecular formula is C14H15BrN4O4S. The third-order valence-electron chi connectivity index (χ3n) is 3.16. The molecule has 0 saturated carbocycles. The molecule has 0 atom stereocenters. The monoisotopic (exact) mass is 414 g/mol. The van der Waals surface area contributed by atoms with Crippen LogP contribution in [-0.2, 0) is 17.1 Å². The van der Waals surface area contributed by atoms with Crippen LogP contribution in [0.3, 0.4) is 0 Å². The Hall–Kier alpha value is -2.17. The highest BCUT2D eigenvalue weighted by Crippen LogP contribution is 2.14. The number of hydrogen-bond donors (Lipinski definition) is 3. The van der Waals surface area contributed by atoms with Gasteiger partial charge in [-0.25, -0.2) is 8.42 Å². The van der Waals surface area contributed by atoms with Crippen molar-refractivity contribution in [3.05, 3.63) is 52.3 Å². The number of amides is 2. The van der Waals surface area contributed by atoms with E-state index in [1.807, 2.05) is 4.83 Å². The third kappa shape index (κ3) is 4.02. The quantitative estimate of drug-likeness (QED) is 0.627. The van der Waals surface area contributed by atoms with Gasteiger partial charge in [0.25, 0.3) is 21.8 Å². The topological polar surface area (TPSA) is 109 Å². The number of carbonyl (C=O) groups is 2. The number of carbonyl (C=O) groups excluding carboxylic acids is 2. The summed E-state index contributed by atoms with van der Waals surface area (Å²) < 4.78 is 26.6. The van der Waals surface area contributed by atoms with Crippen LogP contribution in [-0.4, -0.2) is 31.8 Å². The Labute approximate surface area is 147 Å². The first-order chi connectivity index (χ1) is 11.2. The lowest BCUT2D eigenvalue weighted by atomic mass is 10.2. The minimum Gasteiger partial charge on any atom is -0.355 e. The van der Waals surface area contributed by atoms with E-state index in [-0.39, 0.29) is 16.5 Å². The maximum atomic E-state index is 12.2. The van der Waals surface area contributed by atoms with Crippen molar-refractivity contribution in [3.63, 3.8) is 0 Å². The molecule has 2 amide bonds. The van der Waals surface area contributed by atoms with Gasteiger partial charge >= 0.3 is 0 Å². The standard InChI is InChI=1S/C14H15BrN4O4S/c1-16-13(20)9-3-5-11(6-4-9)24(22,23)18-17-14(21)12-7-10(15)8-19(12)2/h3-8,18H,1-2H3,(H,16,20)(H,17,21). The predicted molar refractivity (Wildman–Crippen MR) is 90.7 cm³/mol. The molecule has 0 bridgehead atoms. The number of aromatic nitrogens is 1. The SMILES string of the molecule is CNC(=O)c1ccc(S(=O)(=O)NNC(=O)c2cc(Br)cn2C)cc1. The second-order valence-electron chi connectivity index (χ2n) is 4.82. The van der Waals surface area contributed by atoms with Crippen molar-refractivity contribution in [1.29, 1.82) is 0 Å². The maximum absolute atomic E-state index is 12.2. The first-order valence-electron chi connectivity index (χ1n) is 6.71. The molecule has 1 aromatic heterocycles. The molecule has 0 saturated heterocycles. The number of nitrogens with one attached hydrogen (secondary N) is 3. The number of hydrogen-bond acceptors (Lipinski definition) is 4. The minimum atomic E-state index is -3.95. The molecule has 2 aromatic rings. The van der Waals surface area contributed by atoms with Crippen LogP contribution in [0.15, 0.2) is 45.9 Å². The van der Waals surface area contributed by atoms with E-state index in [4.69, 9.17) is 0 Å². The van der Waals surface area contributed by atoms with E-state index in [2.05, 4.69) is 26.7 Å². The smallest absolute Gasteiger partial charge is 0.282 e. The predicted octanol–water partition coefficient (Wildman–Crippen LogP) is 0.771. The van der Waals surface area contributed by atoms with Gasteiger partial charge < -0.3 is 9.88 Å². The average molecular weight is 415 g/mol. The minimum absolute atomic E-state index is 0.0801. The summed E-state index contributed by atoms with van der Waals surface area (Å²) in [5.74, 6) is -0.928. The van der Waals surface area contributed by atoms with Gasteiger partial charge in [-0.1, -0.05) is 0 Å². The van der Waals surface area contributed by atoms with E-state index >= 15 is 0 Å². The Morgan fingerprint density at radius 2 is 1.75 bits per heavy atom. The van der Waals surface area contributed by atoms with Crippen molar-refractivity contribution in [2.24, 2.45) is 7.05 Å². The highest BCUT2D eigenvalue weighted by Gasteiger charge is 2.18. The van der Waals surface area contributed by atoms with Crippen LogP contribution in [0.2, 0.25) is 0 Å². The first kappa shape index (κ1) is 18.2. The van der Waals surface area contributed by atoms with Crippen molar-refractivity contribution in [2.45, 2.75) is 4.90 Å². The van der Waals surface area contributed by atoms with Crippen LogP contribution in [0.25, 0.3) is 0 Å². The van der Waals surface area contributed by atoms with Crippen LogP contribution >= 0.6 is 15.9 Å². The fourth-order valence-electron chi connectivity index (χ4n) is 1.92. The van der Waals surface area contributed by atoms with Crippen LogP contribution in [0.4, 0.5) is 0 Å². The average Bonchev–Trinajstić information content (AvgIpc) is 2.90. The number of rotatable bonds is 5. The van der Waals surface area contributed by atoms with Crippen molar-refractivity contribution in [3.8, 4) is 0 Å². The van der Waals surface area contributed by atoms with Crippen molar-refractivity contribution in [1.82, 2.24) is 20.1 Å². The van der Waals surface area contributed by atoms with Crippen LogP contribution in [0, 0.1) is 0 Å². The van der Waals surface area contributed by atoms with Crippen LogP contribution in [0.1, 0.15) is 20.8 Å². The van der Waals surface area contributed by atoms with E-state index < -0.39 is 15.9 Å². The molecule has 2 rings (SSSR count). The van der Waals surface area contributed by atoms with E-state index in [1.165, 1.54) is 31.3 Å². The Bertz CT molecular complexity index is 875. The Morgan fingerprint density at radius 1 is 1.12 bits per heavy atom. The number of nitrogens with zero attached hydrogens (tertiary/aromatic N) is 1. The lowest BCUT2D eigenvalue weighted by Gasteiger charge is -2.09. The van der Waals surface area contributed by atoms with Gasteiger partial charge in [0, 0.05) is 30.3 Å². The zero-order valence-corrected chi connectivity index (χ0v) is 15.2. The molecule has 1 aromatic carbocycles. The molecule has 10 heteroatoms. The van der Waals surface area contributed by atoms with Crippen molar-refractivity contribution in [2.75, 3.05) is 7.05 Å². The second-order valence-corrected chi connectivity index (χ2v) is 7.42. The molecule has 0 spiro atoms. The van der Waals surface area contributed by atoms with Gasteiger partial charge in [-0.3, -0.25) is 15.0 Å². The maximum Gasteiger partial charge on any atom is 0.282 e. The Morgan fingerprint density at radius 3 is 2.25 bits per heavy atom. The highest BCUT2D eigenvalue weighted by atomic mass is 79.9. The van der Waals surface area contributed by atoms with Crippen molar-refractivity contribution < 1.29 is 18.0 Å². The summed E-state index contributed by atoms with van der Waals surface area (Å²) in [5.41, 5.74) is 2.75. The molecule has 8 nitrogen and oxygen atoms in total. The van der Waals surface area contributed by atoms with E-state index in [9.17, 15) is 18.0 Å². The molecule has 128 valence electrons. The normalized spacial score (nSPS) is 11.1. The zero-order valence-electron chi connectivity index (χ0n) is 12.8. The fraction of sp³-hybridized carbons (Fsp3) is 0.143.